The summed E-state index contributed by atoms with van der Waals surface area (Å²) in [7, 11) is 0. The van der Waals surface area contributed by atoms with Crippen LogP contribution in [0.5, 0.6) is 0 Å². The molecule has 5 nitrogen and oxygen atoms in total. The lowest BCUT2D eigenvalue weighted by atomic mass is 10.1. The highest BCUT2D eigenvalue weighted by atomic mass is 16.1. The maximum atomic E-state index is 11.9. The van der Waals surface area contributed by atoms with Crippen molar-refractivity contribution in [1.82, 2.24) is 15.3 Å². The number of hydrogen-bond donors (Lipinski definition) is 3. The fourth-order valence-corrected chi connectivity index (χ4v) is 2.80. The second-order valence-electron chi connectivity index (χ2n) is 6.05. The Morgan fingerprint density at radius 2 is 1.79 bits per heavy atom. The van der Waals surface area contributed by atoms with E-state index in [0.717, 1.165) is 29.4 Å². The van der Waals surface area contributed by atoms with Crippen molar-refractivity contribution in [2.75, 3.05) is 6.54 Å². The molecule has 3 N–H and O–H groups in total. The number of nitrogens with one attached hydrogen (secondary N) is 3. The minimum Gasteiger partial charge on any atom is -0.356 e. The van der Waals surface area contributed by atoms with Gasteiger partial charge in [0.25, 0.3) is 0 Å². The van der Waals surface area contributed by atoms with Crippen LogP contribution < -0.4 is 11.0 Å². The van der Waals surface area contributed by atoms with Crippen LogP contribution in [0.3, 0.4) is 0 Å². The number of carbonyl (C=O) groups excluding carboxylic acids is 1. The second-order valence-corrected chi connectivity index (χ2v) is 6.05. The molecular weight excluding hydrogens is 302 g/mol. The molecule has 0 saturated heterocycles. The molecule has 1 heterocycles. The first-order chi connectivity index (χ1) is 11.6. The predicted octanol–water partition coefficient (Wildman–Crippen LogP) is 2.46. The molecule has 0 aliphatic rings. The maximum Gasteiger partial charge on any atom is 0.323 e. The Hall–Kier alpha value is -2.82. The maximum absolute atomic E-state index is 11.9. The number of aromatic amines is 2. The summed E-state index contributed by atoms with van der Waals surface area (Å²) in [6, 6.07) is 14.0. The Labute approximate surface area is 140 Å². The number of fused-ring (bicyclic) bond motifs is 1. The molecule has 0 fully saturated rings. The van der Waals surface area contributed by atoms with Crippen LogP contribution in [0.25, 0.3) is 11.0 Å². The van der Waals surface area contributed by atoms with Gasteiger partial charge in [-0.25, -0.2) is 4.79 Å². The van der Waals surface area contributed by atoms with Crippen LogP contribution >= 0.6 is 0 Å². The number of hydrogen-bond acceptors (Lipinski definition) is 2. The number of amides is 1. The Morgan fingerprint density at radius 3 is 2.62 bits per heavy atom. The number of imidazole rings is 1. The van der Waals surface area contributed by atoms with Crippen molar-refractivity contribution in [3.63, 3.8) is 0 Å². The van der Waals surface area contributed by atoms with Crippen molar-refractivity contribution in [3.8, 4) is 0 Å². The van der Waals surface area contributed by atoms with Crippen LogP contribution in [0.1, 0.15) is 23.1 Å². The van der Waals surface area contributed by atoms with Crippen molar-refractivity contribution in [3.05, 3.63) is 69.6 Å². The highest BCUT2D eigenvalue weighted by molar-refractivity contribution is 5.76. The molecule has 0 aliphatic heterocycles. The fourth-order valence-electron chi connectivity index (χ4n) is 2.80. The van der Waals surface area contributed by atoms with Crippen LogP contribution in [0, 0.1) is 6.92 Å². The molecule has 0 aliphatic carbocycles. The summed E-state index contributed by atoms with van der Waals surface area (Å²) in [6.45, 7) is 2.64. The minimum atomic E-state index is -0.202. The van der Waals surface area contributed by atoms with Crippen molar-refractivity contribution in [1.29, 1.82) is 0 Å². The summed E-state index contributed by atoms with van der Waals surface area (Å²) in [6.07, 6.45) is 1.98. The van der Waals surface area contributed by atoms with Gasteiger partial charge in [0, 0.05) is 13.0 Å². The average molecular weight is 323 g/mol. The van der Waals surface area contributed by atoms with E-state index in [1.54, 1.807) is 0 Å². The van der Waals surface area contributed by atoms with Crippen molar-refractivity contribution >= 4 is 16.9 Å². The van der Waals surface area contributed by atoms with E-state index in [1.807, 2.05) is 30.3 Å². The van der Waals surface area contributed by atoms with Crippen molar-refractivity contribution in [2.24, 2.45) is 0 Å². The highest BCUT2D eigenvalue weighted by Crippen LogP contribution is 2.10. The molecule has 0 unspecified atom stereocenters. The summed E-state index contributed by atoms with van der Waals surface area (Å²) >= 11 is 0. The van der Waals surface area contributed by atoms with E-state index < -0.39 is 0 Å². The number of benzene rings is 2. The monoisotopic (exact) mass is 323 g/mol. The first-order valence-electron chi connectivity index (χ1n) is 8.13. The molecule has 3 aromatic rings. The minimum absolute atomic E-state index is 0.0626. The van der Waals surface area contributed by atoms with Gasteiger partial charge in [-0.3, -0.25) is 4.79 Å². The van der Waals surface area contributed by atoms with Gasteiger partial charge in [0.1, 0.15) is 0 Å². The van der Waals surface area contributed by atoms with Crippen LogP contribution in [-0.4, -0.2) is 22.4 Å². The molecule has 124 valence electrons. The molecule has 0 radical (unpaired) electrons. The number of H-pyrrole nitrogens is 2. The fraction of sp³-hybridized carbons (Fsp3) is 0.263. The number of carbonyl (C=O) groups is 1. The lowest BCUT2D eigenvalue weighted by Gasteiger charge is -2.06. The van der Waals surface area contributed by atoms with E-state index in [9.17, 15) is 9.59 Å². The second kappa shape index (κ2) is 7.17. The van der Waals surface area contributed by atoms with Crippen LogP contribution in [-0.2, 0) is 17.6 Å². The van der Waals surface area contributed by atoms with Gasteiger partial charge >= 0.3 is 5.69 Å². The SMILES string of the molecule is Cc1cccc(CCC(=O)NCCc2ccc3[nH]c(=O)[nH]c3c2)c1. The van der Waals surface area contributed by atoms with Crippen molar-refractivity contribution in [2.45, 2.75) is 26.2 Å². The smallest absolute Gasteiger partial charge is 0.323 e. The summed E-state index contributed by atoms with van der Waals surface area (Å²) in [5, 5.41) is 2.95. The van der Waals surface area contributed by atoms with E-state index in [4.69, 9.17) is 0 Å². The molecule has 5 heteroatoms. The summed E-state index contributed by atoms with van der Waals surface area (Å²) < 4.78 is 0. The Morgan fingerprint density at radius 1 is 1.00 bits per heavy atom. The van der Waals surface area contributed by atoms with Gasteiger partial charge in [-0.05, 0) is 43.0 Å². The van der Waals surface area contributed by atoms with Gasteiger partial charge in [-0.2, -0.15) is 0 Å². The van der Waals surface area contributed by atoms with Crippen LogP contribution in [0.4, 0.5) is 0 Å². The van der Waals surface area contributed by atoms with Gasteiger partial charge in [-0.15, -0.1) is 0 Å². The number of aryl methyl sites for hydroxylation is 2. The molecule has 1 aromatic heterocycles. The van der Waals surface area contributed by atoms with Gasteiger partial charge in [0.2, 0.25) is 5.91 Å². The summed E-state index contributed by atoms with van der Waals surface area (Å²) in [4.78, 5) is 28.6. The molecule has 0 saturated carbocycles. The van der Waals surface area contributed by atoms with Gasteiger partial charge in [-0.1, -0.05) is 35.9 Å². The zero-order valence-electron chi connectivity index (χ0n) is 13.7. The summed E-state index contributed by atoms with van der Waals surface area (Å²) in [5.41, 5.74) is 4.87. The van der Waals surface area contributed by atoms with Gasteiger partial charge in [0.05, 0.1) is 11.0 Å². The topological polar surface area (TPSA) is 77.8 Å². The van der Waals surface area contributed by atoms with E-state index in [2.05, 4.69) is 34.3 Å². The summed E-state index contributed by atoms with van der Waals surface area (Å²) in [5.74, 6) is 0.0626. The van der Waals surface area contributed by atoms with E-state index in [1.165, 1.54) is 11.1 Å². The first-order valence-corrected chi connectivity index (χ1v) is 8.13. The molecule has 1 amide bonds. The molecular formula is C19H21N3O2. The molecule has 0 spiro atoms. The van der Waals surface area contributed by atoms with Gasteiger partial charge in [0.15, 0.2) is 0 Å². The third kappa shape index (κ3) is 4.13. The first kappa shape index (κ1) is 16.1. The highest BCUT2D eigenvalue weighted by Gasteiger charge is 2.04. The quantitative estimate of drug-likeness (QED) is 0.651. The van der Waals surface area contributed by atoms with Crippen LogP contribution in [0.2, 0.25) is 0 Å². The van der Waals surface area contributed by atoms with E-state index in [-0.39, 0.29) is 11.6 Å². The molecule has 0 atom stereocenters. The lowest BCUT2D eigenvalue weighted by Crippen LogP contribution is -2.25. The Bertz CT molecular complexity index is 908. The molecule has 24 heavy (non-hydrogen) atoms. The van der Waals surface area contributed by atoms with E-state index >= 15 is 0 Å². The zero-order chi connectivity index (χ0) is 16.9. The third-order valence-corrected chi connectivity index (χ3v) is 4.04. The Kier molecular flexibility index (Phi) is 4.79. The molecule has 3 rings (SSSR count). The normalized spacial score (nSPS) is 10.9. The number of rotatable bonds is 6. The Balaban J connectivity index is 1.46. The number of aromatic nitrogens is 2. The van der Waals surface area contributed by atoms with E-state index in [0.29, 0.717) is 13.0 Å². The van der Waals surface area contributed by atoms with Gasteiger partial charge < -0.3 is 15.3 Å². The van der Waals surface area contributed by atoms with Crippen LogP contribution in [0.15, 0.2) is 47.3 Å². The zero-order valence-corrected chi connectivity index (χ0v) is 13.7. The lowest BCUT2D eigenvalue weighted by molar-refractivity contribution is -0.121. The average Bonchev–Trinajstić information content (AvgIpc) is 2.92. The largest absolute Gasteiger partial charge is 0.356 e. The standard InChI is InChI=1S/C19H21N3O2/c1-13-3-2-4-14(11-13)6-8-18(23)20-10-9-15-5-7-16-17(12-15)22-19(24)21-16/h2-5,7,11-12H,6,8-10H2,1H3,(H,20,23)(H2,21,22,24). The predicted molar refractivity (Wildman–Crippen MR) is 95.1 cm³/mol. The molecule has 2 aromatic carbocycles. The molecule has 0 bridgehead atoms. The third-order valence-electron chi connectivity index (χ3n) is 4.04. The van der Waals surface area contributed by atoms with Crippen molar-refractivity contribution < 1.29 is 4.79 Å².